The van der Waals surface area contributed by atoms with Crippen LogP contribution in [0.15, 0.2) is 17.1 Å². The predicted molar refractivity (Wildman–Crippen MR) is 234 cm³/mol. The smallest absolute Gasteiger partial charge is 0.316 e. The molecule has 0 bridgehead atoms. The van der Waals surface area contributed by atoms with Crippen molar-refractivity contribution < 1.29 is 28.6 Å². The summed E-state index contributed by atoms with van der Waals surface area (Å²) in [5, 5.41) is 3.80. The molecule has 3 unspecified atom stereocenters. The van der Waals surface area contributed by atoms with E-state index in [1.54, 1.807) is 4.90 Å². The van der Waals surface area contributed by atoms with Gasteiger partial charge in [-0.15, -0.1) is 0 Å². The number of amides is 2. The molecule has 0 aliphatic carbocycles. The molecule has 2 amide bonds. The molecule has 5 rings (SSSR count). The Bertz CT molecular complexity index is 1360. The Morgan fingerprint density at radius 2 is 1.54 bits per heavy atom. The minimum atomic E-state index is -0.883. The van der Waals surface area contributed by atoms with Crippen molar-refractivity contribution in [2.45, 2.75) is 229 Å². The number of hydrogen-bond donors (Lipinski definition) is 3. The number of nitrogens with two attached hydrogens (primary N) is 2. The molecular weight excluding hydrogens is 745 g/mol. The van der Waals surface area contributed by atoms with Gasteiger partial charge in [0, 0.05) is 38.4 Å². The van der Waals surface area contributed by atoms with E-state index >= 15 is 0 Å². The van der Waals surface area contributed by atoms with Crippen molar-refractivity contribution in [3.05, 3.63) is 12.2 Å². The molecule has 0 aromatic heterocycles. The molecule has 0 saturated carbocycles. The van der Waals surface area contributed by atoms with Crippen molar-refractivity contribution in [3.63, 3.8) is 0 Å². The maximum absolute atomic E-state index is 14.1. The van der Waals surface area contributed by atoms with Gasteiger partial charge in [0.25, 0.3) is 0 Å². The number of primary amides is 1. The Morgan fingerprint density at radius 1 is 0.864 bits per heavy atom. The molecule has 3 fully saturated rings. The lowest BCUT2D eigenvalue weighted by atomic mass is 9.80. The Kier molecular flexibility index (Phi) is 19.8. The van der Waals surface area contributed by atoms with Gasteiger partial charge in [-0.25, -0.2) is 4.99 Å². The molecule has 5 heterocycles. The Hall–Kier alpha value is -2.70. The molecule has 59 heavy (non-hydrogen) atoms. The van der Waals surface area contributed by atoms with E-state index in [1.165, 1.54) is 70.6 Å². The molecule has 2 spiro atoms. The molecule has 5 aliphatic heterocycles. The molecular formula is C47H82N6O6. The second kappa shape index (κ2) is 24.7. The van der Waals surface area contributed by atoms with E-state index in [-0.39, 0.29) is 42.5 Å². The van der Waals surface area contributed by atoms with Gasteiger partial charge >= 0.3 is 5.97 Å². The molecule has 0 aromatic carbocycles. The van der Waals surface area contributed by atoms with Crippen molar-refractivity contribution in [3.8, 4) is 0 Å². The zero-order valence-electron chi connectivity index (χ0n) is 37.1. The highest BCUT2D eigenvalue weighted by Crippen LogP contribution is 2.50. The summed E-state index contributed by atoms with van der Waals surface area (Å²) in [5.74, 6) is 0.101. The third-order valence-corrected chi connectivity index (χ3v) is 13.7. The van der Waals surface area contributed by atoms with Crippen molar-refractivity contribution in [1.82, 2.24) is 15.1 Å². The molecule has 7 atom stereocenters. The van der Waals surface area contributed by atoms with Crippen LogP contribution in [0, 0.1) is 5.92 Å². The van der Waals surface area contributed by atoms with Gasteiger partial charge < -0.3 is 40.8 Å². The first-order valence-corrected chi connectivity index (χ1v) is 24.3. The summed E-state index contributed by atoms with van der Waals surface area (Å²) < 4.78 is 19.6. The van der Waals surface area contributed by atoms with Crippen LogP contribution in [0.3, 0.4) is 0 Å². The van der Waals surface area contributed by atoms with Crippen LogP contribution in [0.1, 0.15) is 194 Å². The molecule has 3 saturated heterocycles. The Labute approximate surface area is 356 Å². The minimum Gasteiger partial charge on any atom is -0.465 e. The molecule has 0 aromatic rings. The maximum atomic E-state index is 14.1. The largest absolute Gasteiger partial charge is 0.465 e. The second-order valence-electron chi connectivity index (χ2n) is 18.5. The molecule has 5 N–H and O–H groups in total. The number of rotatable bonds is 27. The van der Waals surface area contributed by atoms with Gasteiger partial charge in [0.05, 0.1) is 24.9 Å². The number of nitrogens with zero attached hydrogens (tertiary/aromatic N) is 3. The number of carbonyl (C=O) groups is 3. The van der Waals surface area contributed by atoms with Gasteiger partial charge in [-0.05, 0) is 90.5 Å². The zero-order chi connectivity index (χ0) is 41.9. The van der Waals surface area contributed by atoms with Gasteiger partial charge in [0.1, 0.15) is 11.6 Å². The van der Waals surface area contributed by atoms with Gasteiger partial charge in [0.2, 0.25) is 11.8 Å². The average Bonchev–Trinajstić information content (AvgIpc) is 3.52. The van der Waals surface area contributed by atoms with Crippen LogP contribution in [0.5, 0.6) is 0 Å². The highest BCUT2D eigenvalue weighted by atomic mass is 16.6. The molecule has 12 heteroatoms. The highest BCUT2D eigenvalue weighted by Gasteiger charge is 2.62. The number of aliphatic imine (C=N–C) groups is 1. The van der Waals surface area contributed by atoms with E-state index in [0.29, 0.717) is 38.7 Å². The summed E-state index contributed by atoms with van der Waals surface area (Å²) in [6.07, 6.45) is 33.5. The molecule has 12 nitrogen and oxygen atoms in total. The van der Waals surface area contributed by atoms with Crippen LogP contribution < -0.4 is 16.8 Å². The van der Waals surface area contributed by atoms with Gasteiger partial charge in [-0.1, -0.05) is 103 Å². The first kappa shape index (κ1) is 47.4. The van der Waals surface area contributed by atoms with Crippen LogP contribution >= 0.6 is 0 Å². The number of nitrogens with one attached hydrogen (secondary N) is 1. The van der Waals surface area contributed by atoms with Crippen molar-refractivity contribution >= 4 is 23.7 Å². The van der Waals surface area contributed by atoms with E-state index in [2.05, 4.69) is 36.2 Å². The number of guanidine groups is 1. The lowest BCUT2D eigenvalue weighted by molar-refractivity contribution is -0.194. The standard InChI is InChI=1S/C47H82N6O6/c1-3-39-25-18-19-30-46(59-39)36-38-27-28-40-43(47(31-23-24-37(2)58-47)51-45(50-46)53(38)40)44(56)57-35-22-16-14-12-10-8-6-4-5-7-9-11-13-15-17-26-42(55)52(33-21-20-32-48)34-29-41(49)54/h18,25,37-40,43H,3-17,19-24,26-36,48H2,1-2H3,(H2,49,54)(H,50,51)/t37-,38?,39+,40?,43?,46+,47-/m1/s1. The monoisotopic (exact) mass is 827 g/mol. The second-order valence-corrected chi connectivity index (χ2v) is 18.5. The normalized spacial score (nSPS) is 28.6. The average molecular weight is 827 g/mol. The summed E-state index contributed by atoms with van der Waals surface area (Å²) in [5.41, 5.74) is 9.57. The van der Waals surface area contributed by atoms with Crippen LogP contribution in [-0.2, 0) is 28.6 Å². The predicted octanol–water partition coefficient (Wildman–Crippen LogP) is 8.15. The SMILES string of the molecule is CC[C@H]1C=CCC[C@@]2(CC3CCC4C(C(=O)OCCCCCCCCCCCCCCCCCC(=O)N(CCCCN)CCC(N)=O)[C@]5(CCC[C@@H](C)O5)N=C(N2)N34)O1. The number of esters is 1. The first-order valence-electron chi connectivity index (χ1n) is 24.3. The lowest BCUT2D eigenvalue weighted by Crippen LogP contribution is -2.71. The van der Waals surface area contributed by atoms with Crippen LogP contribution in [0.2, 0.25) is 0 Å². The van der Waals surface area contributed by atoms with E-state index < -0.39 is 17.4 Å². The summed E-state index contributed by atoms with van der Waals surface area (Å²) in [7, 11) is 0. The summed E-state index contributed by atoms with van der Waals surface area (Å²) in [6, 6.07) is 0.333. The molecule has 5 aliphatic rings. The number of ether oxygens (including phenoxy) is 3. The van der Waals surface area contributed by atoms with E-state index in [1.807, 2.05) is 0 Å². The van der Waals surface area contributed by atoms with E-state index in [0.717, 1.165) is 102 Å². The van der Waals surface area contributed by atoms with E-state index in [9.17, 15) is 14.4 Å². The fourth-order valence-corrected chi connectivity index (χ4v) is 10.4. The van der Waals surface area contributed by atoms with Crippen LogP contribution in [-0.4, -0.2) is 95.5 Å². The number of hydrogen-bond acceptors (Lipinski definition) is 10. The summed E-state index contributed by atoms with van der Waals surface area (Å²) in [4.78, 5) is 47.5. The summed E-state index contributed by atoms with van der Waals surface area (Å²) >= 11 is 0. The molecule has 336 valence electrons. The Morgan fingerprint density at radius 3 is 2.19 bits per heavy atom. The topological polar surface area (TPSA) is 162 Å². The number of carbonyl (C=O) groups excluding carboxylic acids is 3. The van der Waals surface area contributed by atoms with Gasteiger partial charge in [-0.2, -0.15) is 0 Å². The van der Waals surface area contributed by atoms with Crippen molar-refractivity contribution in [1.29, 1.82) is 0 Å². The number of allylic oxidation sites excluding steroid dienone is 1. The van der Waals surface area contributed by atoms with Crippen molar-refractivity contribution in [2.75, 3.05) is 26.2 Å². The fourth-order valence-electron chi connectivity index (χ4n) is 10.4. The number of unbranched alkanes of at least 4 members (excludes halogenated alkanes) is 15. The maximum Gasteiger partial charge on any atom is 0.316 e. The lowest BCUT2D eigenvalue weighted by Gasteiger charge is -2.55. The third kappa shape index (κ3) is 14.2. The minimum absolute atomic E-state index is 0.0337. The van der Waals surface area contributed by atoms with Crippen molar-refractivity contribution in [2.24, 2.45) is 22.4 Å². The highest BCUT2D eigenvalue weighted by molar-refractivity contribution is 5.87. The van der Waals surface area contributed by atoms with Crippen LogP contribution in [0.25, 0.3) is 0 Å². The third-order valence-electron chi connectivity index (χ3n) is 13.7. The zero-order valence-corrected chi connectivity index (χ0v) is 37.1. The summed E-state index contributed by atoms with van der Waals surface area (Å²) in [6.45, 7) is 6.46. The van der Waals surface area contributed by atoms with Gasteiger partial charge in [-0.3, -0.25) is 14.4 Å². The first-order chi connectivity index (χ1) is 28.7. The van der Waals surface area contributed by atoms with E-state index in [4.69, 9.17) is 30.7 Å². The fraction of sp³-hybridized carbons (Fsp3) is 0.872. The van der Waals surface area contributed by atoms with Crippen LogP contribution in [0.4, 0.5) is 0 Å². The Balaban J connectivity index is 0.909. The molecule has 0 radical (unpaired) electrons. The quantitative estimate of drug-likeness (QED) is 0.0422. The van der Waals surface area contributed by atoms with Gasteiger partial charge in [0.15, 0.2) is 11.7 Å².